The molecule has 1 atom stereocenters. The first-order chi connectivity index (χ1) is 7.58. The molecule has 5 heteroatoms. The number of alkyl halides is 1. The lowest BCUT2D eigenvalue weighted by Crippen LogP contribution is -1.91. The number of thiophene rings is 1. The minimum absolute atomic E-state index is 0.207. The van der Waals surface area contributed by atoms with E-state index in [1.807, 2.05) is 29.6 Å². The molecule has 0 aliphatic rings. The SMILES string of the molecule is Clc1ccsc1C(Cl)c1cc(Br)cc(Br)c1. The van der Waals surface area contributed by atoms with Crippen LogP contribution in [-0.2, 0) is 0 Å². The molecule has 0 nitrogen and oxygen atoms in total. The van der Waals surface area contributed by atoms with Crippen LogP contribution < -0.4 is 0 Å². The van der Waals surface area contributed by atoms with Crippen molar-refractivity contribution in [3.8, 4) is 0 Å². The molecule has 0 spiro atoms. The van der Waals surface area contributed by atoms with Crippen molar-refractivity contribution < 1.29 is 0 Å². The summed E-state index contributed by atoms with van der Waals surface area (Å²) in [5.41, 5.74) is 1.02. The van der Waals surface area contributed by atoms with Crippen molar-refractivity contribution in [1.29, 1.82) is 0 Å². The average Bonchev–Trinajstić information content (AvgIpc) is 2.62. The number of rotatable bonds is 2. The predicted molar refractivity (Wildman–Crippen MR) is 78.9 cm³/mol. The monoisotopic (exact) mass is 398 g/mol. The van der Waals surface area contributed by atoms with Crippen LogP contribution >= 0.6 is 66.4 Å². The van der Waals surface area contributed by atoms with E-state index in [2.05, 4.69) is 31.9 Å². The summed E-state index contributed by atoms with van der Waals surface area (Å²) >= 11 is 20.9. The summed E-state index contributed by atoms with van der Waals surface area (Å²) in [5.74, 6) is 0. The van der Waals surface area contributed by atoms with Crippen LogP contribution in [0.5, 0.6) is 0 Å². The van der Waals surface area contributed by atoms with Gasteiger partial charge in [-0.25, -0.2) is 0 Å². The van der Waals surface area contributed by atoms with Gasteiger partial charge in [-0.3, -0.25) is 0 Å². The van der Waals surface area contributed by atoms with E-state index in [-0.39, 0.29) is 5.38 Å². The molecule has 0 saturated heterocycles. The van der Waals surface area contributed by atoms with E-state index in [9.17, 15) is 0 Å². The lowest BCUT2D eigenvalue weighted by Gasteiger charge is -2.09. The largest absolute Gasteiger partial charge is 0.145 e. The maximum absolute atomic E-state index is 6.41. The predicted octanol–water partition coefficient (Wildman–Crippen LogP) is 6.25. The van der Waals surface area contributed by atoms with Crippen LogP contribution in [0.1, 0.15) is 15.8 Å². The molecule has 2 rings (SSSR count). The van der Waals surface area contributed by atoms with E-state index in [0.717, 1.165) is 24.4 Å². The number of hydrogen-bond acceptors (Lipinski definition) is 1. The van der Waals surface area contributed by atoms with Crippen LogP contribution in [0.15, 0.2) is 38.6 Å². The van der Waals surface area contributed by atoms with Crippen LogP contribution in [0.25, 0.3) is 0 Å². The van der Waals surface area contributed by atoms with Crippen molar-refractivity contribution in [2.75, 3.05) is 0 Å². The molecule has 0 aliphatic carbocycles. The van der Waals surface area contributed by atoms with E-state index in [1.165, 1.54) is 0 Å². The van der Waals surface area contributed by atoms with Crippen LogP contribution in [0.4, 0.5) is 0 Å². The van der Waals surface area contributed by atoms with Crippen LogP contribution in [0, 0.1) is 0 Å². The van der Waals surface area contributed by atoms with Gasteiger partial charge in [0.2, 0.25) is 0 Å². The quantitative estimate of drug-likeness (QED) is 0.522. The van der Waals surface area contributed by atoms with Gasteiger partial charge in [-0.1, -0.05) is 43.5 Å². The van der Waals surface area contributed by atoms with Crippen molar-refractivity contribution in [2.24, 2.45) is 0 Å². The Morgan fingerprint density at radius 2 is 1.75 bits per heavy atom. The molecule has 0 N–H and O–H groups in total. The second kappa shape index (κ2) is 5.40. The van der Waals surface area contributed by atoms with Crippen LogP contribution in [0.2, 0.25) is 5.02 Å². The van der Waals surface area contributed by atoms with E-state index < -0.39 is 0 Å². The Kier molecular flexibility index (Phi) is 4.36. The summed E-state index contributed by atoms with van der Waals surface area (Å²) in [6.07, 6.45) is 0. The summed E-state index contributed by atoms with van der Waals surface area (Å²) in [5, 5.41) is 2.46. The van der Waals surface area contributed by atoms with Gasteiger partial charge in [0.15, 0.2) is 0 Å². The smallest absolute Gasteiger partial charge is 0.0943 e. The third-order valence-electron chi connectivity index (χ3n) is 2.05. The highest BCUT2D eigenvalue weighted by atomic mass is 79.9. The first-order valence-corrected chi connectivity index (χ1v) is 7.69. The molecule has 16 heavy (non-hydrogen) atoms. The van der Waals surface area contributed by atoms with Gasteiger partial charge in [0.05, 0.1) is 10.4 Å². The molecule has 0 amide bonds. The van der Waals surface area contributed by atoms with Gasteiger partial charge < -0.3 is 0 Å². The van der Waals surface area contributed by atoms with E-state index in [1.54, 1.807) is 11.3 Å². The molecular formula is C11H6Br2Cl2S. The van der Waals surface area contributed by atoms with Crippen LogP contribution in [0.3, 0.4) is 0 Å². The normalized spacial score (nSPS) is 12.8. The van der Waals surface area contributed by atoms with Crippen molar-refractivity contribution in [1.82, 2.24) is 0 Å². The zero-order valence-corrected chi connectivity index (χ0v) is 13.4. The van der Waals surface area contributed by atoms with Gasteiger partial charge in [0.25, 0.3) is 0 Å². The van der Waals surface area contributed by atoms with Crippen molar-refractivity contribution in [2.45, 2.75) is 5.38 Å². The number of benzene rings is 1. The third-order valence-corrected chi connectivity index (χ3v) is 4.99. The zero-order chi connectivity index (χ0) is 11.7. The number of hydrogen-bond donors (Lipinski definition) is 0. The Labute approximate surface area is 125 Å². The highest BCUT2D eigenvalue weighted by Crippen LogP contribution is 2.38. The molecule has 1 unspecified atom stereocenters. The molecule has 1 aromatic heterocycles. The lowest BCUT2D eigenvalue weighted by atomic mass is 10.1. The van der Waals surface area contributed by atoms with Gasteiger partial charge >= 0.3 is 0 Å². The second-order valence-corrected chi connectivity index (χ2v) is 6.82. The third kappa shape index (κ3) is 2.82. The standard InChI is InChI=1S/C11H6Br2Cl2S/c12-7-3-6(4-8(13)5-7)10(15)11-9(14)1-2-16-11/h1-5,10H. The van der Waals surface area contributed by atoms with Gasteiger partial charge in [0, 0.05) is 13.8 Å². The molecule has 1 aromatic carbocycles. The first kappa shape index (κ1) is 12.9. The second-order valence-electron chi connectivity index (χ2n) is 3.20. The topological polar surface area (TPSA) is 0 Å². The van der Waals surface area contributed by atoms with Crippen molar-refractivity contribution in [3.05, 3.63) is 54.1 Å². The summed E-state index contributed by atoms with van der Waals surface area (Å²) < 4.78 is 1.99. The molecule has 0 fully saturated rings. The minimum atomic E-state index is -0.207. The highest BCUT2D eigenvalue weighted by Gasteiger charge is 2.16. The fourth-order valence-corrected chi connectivity index (χ4v) is 4.31. The first-order valence-electron chi connectivity index (χ1n) is 4.41. The number of halogens is 4. The maximum Gasteiger partial charge on any atom is 0.0943 e. The molecular weight excluding hydrogens is 395 g/mol. The summed E-state index contributed by atoms with van der Waals surface area (Å²) in [6, 6.07) is 7.84. The lowest BCUT2D eigenvalue weighted by molar-refractivity contribution is 1.18. The van der Waals surface area contributed by atoms with Crippen LogP contribution in [-0.4, -0.2) is 0 Å². The molecule has 1 heterocycles. The highest BCUT2D eigenvalue weighted by molar-refractivity contribution is 9.11. The molecule has 0 saturated carbocycles. The van der Waals surface area contributed by atoms with Gasteiger partial charge in [-0.15, -0.1) is 22.9 Å². The fraction of sp³-hybridized carbons (Fsp3) is 0.0909. The van der Waals surface area contributed by atoms with E-state index in [0.29, 0.717) is 0 Å². The minimum Gasteiger partial charge on any atom is -0.145 e. The Morgan fingerprint density at radius 1 is 1.12 bits per heavy atom. The molecule has 2 aromatic rings. The molecule has 0 bridgehead atoms. The average molecular weight is 401 g/mol. The molecule has 0 aliphatic heterocycles. The van der Waals surface area contributed by atoms with Crippen molar-refractivity contribution in [3.63, 3.8) is 0 Å². The van der Waals surface area contributed by atoms with Crippen molar-refractivity contribution >= 4 is 66.4 Å². The fourth-order valence-electron chi connectivity index (χ4n) is 1.36. The van der Waals surface area contributed by atoms with E-state index >= 15 is 0 Å². The Hall–Kier alpha value is 0.460. The zero-order valence-electron chi connectivity index (χ0n) is 7.88. The molecule has 84 valence electrons. The van der Waals surface area contributed by atoms with Gasteiger partial charge in [-0.05, 0) is 35.2 Å². The molecule has 0 radical (unpaired) electrons. The van der Waals surface area contributed by atoms with Gasteiger partial charge in [0.1, 0.15) is 0 Å². The Bertz CT molecular complexity index is 490. The summed E-state index contributed by atoms with van der Waals surface area (Å²) in [7, 11) is 0. The Morgan fingerprint density at radius 3 is 2.25 bits per heavy atom. The summed E-state index contributed by atoms with van der Waals surface area (Å²) in [6.45, 7) is 0. The van der Waals surface area contributed by atoms with E-state index in [4.69, 9.17) is 23.2 Å². The summed E-state index contributed by atoms with van der Waals surface area (Å²) in [4.78, 5) is 0.980. The maximum atomic E-state index is 6.41. The van der Waals surface area contributed by atoms with Gasteiger partial charge in [-0.2, -0.15) is 0 Å². The Balaban J connectivity index is 2.41.